The van der Waals surface area contributed by atoms with Gasteiger partial charge in [0.15, 0.2) is 0 Å². The van der Waals surface area contributed by atoms with Crippen molar-refractivity contribution in [2.24, 2.45) is 5.41 Å². The molecule has 2 amide bonds. The van der Waals surface area contributed by atoms with Crippen LogP contribution in [0.1, 0.15) is 54.4 Å². The summed E-state index contributed by atoms with van der Waals surface area (Å²) < 4.78 is 5.98. The average molecular weight is 460 g/mol. The Bertz CT molecular complexity index is 1160. The summed E-state index contributed by atoms with van der Waals surface area (Å²) in [6.45, 7) is 2.17. The molecule has 0 atom stereocenters. The van der Waals surface area contributed by atoms with Crippen LogP contribution in [0.2, 0.25) is 0 Å². The van der Waals surface area contributed by atoms with E-state index < -0.39 is 5.41 Å². The number of amides is 2. The third-order valence-corrected chi connectivity index (χ3v) is 7.51. The molecule has 1 fully saturated rings. The lowest BCUT2D eigenvalue weighted by molar-refractivity contribution is -0.134. The zero-order chi connectivity index (χ0) is 23.4. The van der Waals surface area contributed by atoms with Gasteiger partial charge in [-0.15, -0.1) is 0 Å². The number of hydrogen-bond donors (Lipinski definition) is 2. The van der Waals surface area contributed by atoms with Gasteiger partial charge in [-0.25, -0.2) is 0 Å². The number of carbonyl (C=O) groups is 2. The normalized spacial score (nSPS) is 19.3. The highest BCUT2D eigenvalue weighted by Crippen LogP contribution is 2.38. The van der Waals surface area contributed by atoms with Crippen LogP contribution in [0.15, 0.2) is 54.7 Å². The van der Waals surface area contributed by atoms with Crippen LogP contribution >= 0.6 is 0 Å². The van der Waals surface area contributed by atoms with E-state index in [1.165, 1.54) is 5.56 Å². The maximum atomic E-state index is 13.3. The number of nitrogens with zero attached hydrogens (tertiary/aromatic N) is 1. The lowest BCUT2D eigenvalue weighted by Crippen LogP contribution is -2.50. The molecule has 2 aromatic carbocycles. The first-order valence-electron chi connectivity index (χ1n) is 12.5. The van der Waals surface area contributed by atoms with Crippen LogP contribution < -0.4 is 10.1 Å². The number of aryl methyl sites for hydroxylation is 1. The Morgan fingerprint density at radius 2 is 1.82 bits per heavy atom. The predicted molar refractivity (Wildman–Crippen MR) is 133 cm³/mol. The molecule has 0 radical (unpaired) electrons. The largest absolute Gasteiger partial charge is 0.491 e. The van der Waals surface area contributed by atoms with E-state index in [4.69, 9.17) is 4.74 Å². The van der Waals surface area contributed by atoms with Crippen molar-refractivity contribution in [1.82, 2.24) is 15.2 Å². The number of benzene rings is 2. The van der Waals surface area contributed by atoms with Gasteiger partial charge in [-0.2, -0.15) is 0 Å². The van der Waals surface area contributed by atoms with Crippen molar-refractivity contribution in [2.75, 3.05) is 26.2 Å². The summed E-state index contributed by atoms with van der Waals surface area (Å²) in [5.41, 5.74) is 2.51. The van der Waals surface area contributed by atoms with Gasteiger partial charge in [0.2, 0.25) is 5.91 Å². The molecule has 2 aliphatic heterocycles. The molecule has 5 rings (SSSR count). The van der Waals surface area contributed by atoms with Crippen LogP contribution in [-0.2, 0) is 11.2 Å². The maximum Gasteiger partial charge on any atom is 0.253 e. The molecule has 2 N–H and O–H groups in total. The van der Waals surface area contributed by atoms with Crippen LogP contribution in [-0.4, -0.2) is 47.9 Å². The summed E-state index contributed by atoms with van der Waals surface area (Å²) in [5, 5.41) is 4.23. The number of likely N-dealkylation sites (tertiary alicyclic amines) is 1. The van der Waals surface area contributed by atoms with Crippen molar-refractivity contribution in [2.45, 2.75) is 44.9 Å². The number of H-pyrrole nitrogens is 1. The molecule has 1 aromatic heterocycles. The van der Waals surface area contributed by atoms with Crippen LogP contribution in [0.5, 0.6) is 5.75 Å². The zero-order valence-corrected chi connectivity index (χ0v) is 19.6. The number of hydrogen-bond acceptors (Lipinski definition) is 3. The molecule has 1 saturated heterocycles. The van der Waals surface area contributed by atoms with Crippen molar-refractivity contribution < 1.29 is 14.3 Å². The lowest BCUT2D eigenvalue weighted by Gasteiger charge is -2.41. The Labute approximate surface area is 200 Å². The van der Waals surface area contributed by atoms with E-state index in [2.05, 4.69) is 22.4 Å². The number of nitrogens with one attached hydrogen (secondary N) is 2. The predicted octanol–water partition coefficient (Wildman–Crippen LogP) is 4.70. The van der Waals surface area contributed by atoms with E-state index >= 15 is 0 Å². The lowest BCUT2D eigenvalue weighted by atomic mass is 9.73. The Morgan fingerprint density at radius 3 is 2.71 bits per heavy atom. The third kappa shape index (κ3) is 4.67. The Morgan fingerprint density at radius 1 is 0.971 bits per heavy atom. The molecule has 3 aromatic rings. The molecule has 0 saturated carbocycles. The minimum atomic E-state index is -0.402. The second-order valence-electron chi connectivity index (χ2n) is 9.62. The number of aromatic nitrogens is 1. The summed E-state index contributed by atoms with van der Waals surface area (Å²) in [5.74, 6) is 1.08. The van der Waals surface area contributed by atoms with Crippen molar-refractivity contribution >= 4 is 22.7 Å². The topological polar surface area (TPSA) is 74.4 Å². The van der Waals surface area contributed by atoms with Crippen LogP contribution in [0.3, 0.4) is 0 Å². The van der Waals surface area contributed by atoms with Crippen molar-refractivity contribution in [3.8, 4) is 5.75 Å². The molecule has 3 heterocycles. The Balaban J connectivity index is 1.24. The minimum Gasteiger partial charge on any atom is -0.491 e. The van der Waals surface area contributed by atoms with Crippen LogP contribution in [0.25, 0.3) is 10.9 Å². The molecule has 1 spiro atoms. The number of para-hydroxylation sites is 1. The molecular weight excluding hydrogens is 426 g/mol. The number of ether oxygens (including phenoxy) is 1. The van der Waals surface area contributed by atoms with Gasteiger partial charge in [-0.3, -0.25) is 9.59 Å². The van der Waals surface area contributed by atoms with E-state index in [0.29, 0.717) is 44.6 Å². The summed E-state index contributed by atoms with van der Waals surface area (Å²) in [4.78, 5) is 31.6. The average Bonchev–Trinajstić information content (AvgIpc) is 3.35. The molecule has 0 unspecified atom stereocenters. The van der Waals surface area contributed by atoms with Crippen LogP contribution in [0.4, 0.5) is 0 Å². The van der Waals surface area contributed by atoms with E-state index in [1.807, 2.05) is 47.5 Å². The molecule has 0 aliphatic carbocycles. The van der Waals surface area contributed by atoms with Gasteiger partial charge in [-0.1, -0.05) is 37.1 Å². The molecule has 6 nitrogen and oxygen atoms in total. The van der Waals surface area contributed by atoms with Crippen molar-refractivity contribution in [1.29, 1.82) is 0 Å². The first-order chi connectivity index (χ1) is 16.6. The standard InChI is InChI=1S/C28H33N3O3/c32-26(23-10-9-21-11-15-29-24(21)20-23)31-17-13-28(14-18-31)12-5-1-2-6-22-7-3-4-8-25(22)34-19-16-30-27(28)33/h3-4,7-11,15,20,29H,1-2,5-6,12-14,16-19H2,(H,30,33). The molecule has 0 bridgehead atoms. The number of aromatic amines is 1. The molecule has 2 aliphatic rings. The number of rotatable bonds is 1. The van der Waals surface area contributed by atoms with Gasteiger partial charge < -0.3 is 19.9 Å². The van der Waals surface area contributed by atoms with Crippen molar-refractivity contribution in [3.63, 3.8) is 0 Å². The SMILES string of the molecule is O=C(c1ccc2cc[nH]c2c1)N1CCC2(CCCCCc3ccccc3OCCNC2=O)CC1. The van der Waals surface area contributed by atoms with Gasteiger partial charge in [0, 0.05) is 30.4 Å². The van der Waals surface area contributed by atoms with Gasteiger partial charge in [0.25, 0.3) is 5.91 Å². The van der Waals surface area contributed by atoms with E-state index in [1.54, 1.807) is 0 Å². The molecule has 6 heteroatoms. The van der Waals surface area contributed by atoms with Crippen LogP contribution in [0, 0.1) is 5.41 Å². The smallest absolute Gasteiger partial charge is 0.253 e. The van der Waals surface area contributed by atoms with Gasteiger partial charge in [0.1, 0.15) is 12.4 Å². The second kappa shape index (κ2) is 9.92. The first-order valence-corrected chi connectivity index (χ1v) is 12.5. The fourth-order valence-electron chi connectivity index (χ4n) is 5.41. The second-order valence-corrected chi connectivity index (χ2v) is 9.62. The highest BCUT2D eigenvalue weighted by molar-refractivity contribution is 5.98. The summed E-state index contributed by atoms with van der Waals surface area (Å²) in [6, 6.07) is 16.0. The van der Waals surface area contributed by atoms with Gasteiger partial charge in [0.05, 0.1) is 12.0 Å². The monoisotopic (exact) mass is 459 g/mol. The summed E-state index contributed by atoms with van der Waals surface area (Å²) in [7, 11) is 0. The molecule has 34 heavy (non-hydrogen) atoms. The van der Waals surface area contributed by atoms with Gasteiger partial charge in [-0.05, 0) is 67.3 Å². The maximum absolute atomic E-state index is 13.3. The summed E-state index contributed by atoms with van der Waals surface area (Å²) >= 11 is 0. The highest BCUT2D eigenvalue weighted by atomic mass is 16.5. The third-order valence-electron chi connectivity index (χ3n) is 7.51. The van der Waals surface area contributed by atoms with E-state index in [0.717, 1.165) is 48.8 Å². The quantitative estimate of drug-likeness (QED) is 0.554. The fraction of sp³-hybridized carbons (Fsp3) is 0.429. The number of carbonyl (C=O) groups excluding carboxylic acids is 2. The molecule has 178 valence electrons. The Kier molecular flexibility index (Phi) is 6.57. The first kappa shape index (κ1) is 22.5. The van der Waals surface area contributed by atoms with Crippen molar-refractivity contribution in [3.05, 3.63) is 65.9 Å². The summed E-state index contributed by atoms with van der Waals surface area (Å²) in [6.07, 6.45) is 8.36. The Hall–Kier alpha value is -3.28. The van der Waals surface area contributed by atoms with E-state index in [9.17, 15) is 9.59 Å². The minimum absolute atomic E-state index is 0.0440. The van der Waals surface area contributed by atoms with E-state index in [-0.39, 0.29) is 11.8 Å². The van der Waals surface area contributed by atoms with Gasteiger partial charge >= 0.3 is 0 Å². The number of piperidine rings is 1. The molecular formula is C28H33N3O3. The highest BCUT2D eigenvalue weighted by Gasteiger charge is 2.41. The number of fused-ring (bicyclic) bond motifs is 2. The fourth-order valence-corrected chi connectivity index (χ4v) is 5.41. The zero-order valence-electron chi connectivity index (χ0n) is 19.6.